The fourth-order valence-electron chi connectivity index (χ4n) is 4.49. The summed E-state index contributed by atoms with van der Waals surface area (Å²) in [7, 11) is 2.22. The molecular formula is C26H26N2. The van der Waals surface area contributed by atoms with Gasteiger partial charge in [-0.1, -0.05) is 48.0 Å². The average Bonchev–Trinajstić information content (AvgIpc) is 2.99. The molecule has 0 fully saturated rings. The summed E-state index contributed by atoms with van der Waals surface area (Å²) in [5.41, 5.74) is 8.20. The highest BCUT2D eigenvalue weighted by atomic mass is 15.1. The molecule has 0 spiro atoms. The third kappa shape index (κ3) is 2.85. The van der Waals surface area contributed by atoms with Gasteiger partial charge in [0, 0.05) is 36.8 Å². The van der Waals surface area contributed by atoms with Crippen molar-refractivity contribution in [3.8, 4) is 0 Å². The number of likely N-dealkylation sites (N-methyl/N-ethyl adjacent to an activating group) is 1. The number of allylic oxidation sites excluding steroid dienone is 1. The number of benzene rings is 3. The first-order valence-electron chi connectivity index (χ1n) is 10.1. The van der Waals surface area contributed by atoms with Crippen LogP contribution in [0.1, 0.15) is 29.3 Å². The molecule has 2 heterocycles. The van der Waals surface area contributed by atoms with E-state index in [1.54, 1.807) is 0 Å². The summed E-state index contributed by atoms with van der Waals surface area (Å²) in [4.78, 5) is 2.42. The van der Waals surface area contributed by atoms with Crippen LogP contribution in [-0.4, -0.2) is 23.1 Å². The maximum Gasteiger partial charge on any atom is 0.0529 e. The third-order valence-corrected chi connectivity index (χ3v) is 6.06. The fourth-order valence-corrected chi connectivity index (χ4v) is 4.49. The minimum atomic E-state index is 1.03. The Bertz CT molecular complexity index is 1230. The van der Waals surface area contributed by atoms with Crippen molar-refractivity contribution in [3.63, 3.8) is 0 Å². The standard InChI is InChI=1S/C26H26N2/c1-18-8-11-25-23(14-18)24-17-27(3)13-12-26(24)28(25)16-19(2)21-10-9-20-6-4-5-7-22(20)15-21/h4-11,14-16H,12-13,17H2,1-3H3. The first kappa shape index (κ1) is 17.3. The molecule has 140 valence electrons. The average molecular weight is 367 g/mol. The highest BCUT2D eigenvalue weighted by molar-refractivity contribution is 5.92. The van der Waals surface area contributed by atoms with Crippen LogP contribution in [0.5, 0.6) is 0 Å². The van der Waals surface area contributed by atoms with E-state index in [0.29, 0.717) is 0 Å². The van der Waals surface area contributed by atoms with E-state index in [1.165, 1.54) is 49.6 Å². The Hall–Kier alpha value is -2.84. The van der Waals surface area contributed by atoms with Gasteiger partial charge in [0.15, 0.2) is 0 Å². The van der Waals surface area contributed by atoms with Crippen LogP contribution < -0.4 is 0 Å². The molecule has 0 unspecified atom stereocenters. The lowest BCUT2D eigenvalue weighted by Crippen LogP contribution is -2.26. The van der Waals surface area contributed by atoms with Gasteiger partial charge in [-0.25, -0.2) is 0 Å². The minimum Gasteiger partial charge on any atom is -0.320 e. The Morgan fingerprint density at radius 3 is 2.64 bits per heavy atom. The Labute approximate surface area is 166 Å². The normalized spacial score (nSPS) is 15.3. The maximum absolute atomic E-state index is 2.45. The van der Waals surface area contributed by atoms with E-state index >= 15 is 0 Å². The summed E-state index contributed by atoms with van der Waals surface area (Å²) in [6.07, 6.45) is 3.44. The van der Waals surface area contributed by atoms with Gasteiger partial charge in [0.05, 0.1) is 5.52 Å². The molecule has 0 bridgehead atoms. The highest BCUT2D eigenvalue weighted by Gasteiger charge is 2.21. The monoisotopic (exact) mass is 366 g/mol. The number of nitrogens with zero attached hydrogens (tertiary/aromatic N) is 2. The van der Waals surface area contributed by atoms with Gasteiger partial charge in [-0.15, -0.1) is 0 Å². The molecule has 2 heteroatoms. The number of aryl methyl sites for hydroxylation is 1. The smallest absolute Gasteiger partial charge is 0.0529 e. The van der Waals surface area contributed by atoms with Crippen molar-refractivity contribution in [2.45, 2.75) is 26.8 Å². The third-order valence-electron chi connectivity index (χ3n) is 6.06. The molecule has 3 aromatic carbocycles. The predicted octanol–water partition coefficient (Wildman–Crippen LogP) is 6.11. The quantitative estimate of drug-likeness (QED) is 0.415. The molecule has 1 aromatic heterocycles. The van der Waals surface area contributed by atoms with Crippen LogP contribution in [-0.2, 0) is 13.0 Å². The molecule has 0 saturated heterocycles. The van der Waals surface area contributed by atoms with Crippen molar-refractivity contribution in [2.75, 3.05) is 13.6 Å². The van der Waals surface area contributed by atoms with Crippen LogP contribution >= 0.6 is 0 Å². The molecule has 0 aliphatic carbocycles. The van der Waals surface area contributed by atoms with E-state index < -0.39 is 0 Å². The second kappa shape index (κ2) is 6.65. The first-order chi connectivity index (χ1) is 13.6. The van der Waals surface area contributed by atoms with Gasteiger partial charge in [0.1, 0.15) is 0 Å². The second-order valence-corrected chi connectivity index (χ2v) is 8.18. The van der Waals surface area contributed by atoms with Crippen LogP contribution in [0.3, 0.4) is 0 Å². The molecule has 1 aliphatic rings. The van der Waals surface area contributed by atoms with E-state index in [-0.39, 0.29) is 0 Å². The maximum atomic E-state index is 2.45. The minimum absolute atomic E-state index is 1.03. The Balaban J connectivity index is 1.67. The summed E-state index contributed by atoms with van der Waals surface area (Å²) < 4.78 is 2.45. The SMILES string of the molecule is CC(=Cn1c2c(c3cc(C)ccc31)CN(C)CC2)c1ccc2ccccc2c1. The van der Waals surface area contributed by atoms with Gasteiger partial charge in [-0.3, -0.25) is 0 Å². The van der Waals surface area contributed by atoms with Gasteiger partial charge in [0.25, 0.3) is 0 Å². The van der Waals surface area contributed by atoms with Crippen molar-refractivity contribution >= 4 is 33.4 Å². The number of fused-ring (bicyclic) bond motifs is 4. The second-order valence-electron chi connectivity index (χ2n) is 8.18. The number of hydrogen-bond donors (Lipinski definition) is 0. The zero-order chi connectivity index (χ0) is 19.3. The highest BCUT2D eigenvalue weighted by Crippen LogP contribution is 2.33. The van der Waals surface area contributed by atoms with E-state index in [4.69, 9.17) is 0 Å². The van der Waals surface area contributed by atoms with Crippen molar-refractivity contribution in [1.29, 1.82) is 0 Å². The van der Waals surface area contributed by atoms with E-state index in [2.05, 4.69) is 97.2 Å². The summed E-state index contributed by atoms with van der Waals surface area (Å²) in [6.45, 7) is 6.56. The summed E-state index contributed by atoms with van der Waals surface area (Å²) in [5, 5.41) is 4.00. The fraction of sp³-hybridized carbons (Fsp3) is 0.231. The lowest BCUT2D eigenvalue weighted by atomic mass is 10.0. The lowest BCUT2D eigenvalue weighted by molar-refractivity contribution is 0.312. The molecule has 0 amide bonds. The summed E-state index contributed by atoms with van der Waals surface area (Å²) in [6, 6.07) is 22.2. The number of aromatic nitrogens is 1. The Morgan fingerprint density at radius 1 is 0.964 bits per heavy atom. The number of hydrogen-bond acceptors (Lipinski definition) is 1. The molecule has 28 heavy (non-hydrogen) atoms. The van der Waals surface area contributed by atoms with Crippen molar-refractivity contribution in [3.05, 3.63) is 83.0 Å². The molecule has 1 aliphatic heterocycles. The summed E-state index contributed by atoms with van der Waals surface area (Å²) >= 11 is 0. The van der Waals surface area contributed by atoms with Crippen LogP contribution in [0.15, 0.2) is 60.7 Å². The largest absolute Gasteiger partial charge is 0.320 e. The zero-order valence-corrected chi connectivity index (χ0v) is 16.9. The Morgan fingerprint density at radius 2 is 1.79 bits per heavy atom. The molecule has 2 nitrogen and oxygen atoms in total. The van der Waals surface area contributed by atoms with Crippen molar-refractivity contribution in [2.24, 2.45) is 0 Å². The van der Waals surface area contributed by atoms with E-state index in [9.17, 15) is 0 Å². The first-order valence-corrected chi connectivity index (χ1v) is 10.1. The molecule has 0 atom stereocenters. The van der Waals surface area contributed by atoms with Crippen molar-refractivity contribution < 1.29 is 0 Å². The topological polar surface area (TPSA) is 8.17 Å². The molecule has 0 radical (unpaired) electrons. The van der Waals surface area contributed by atoms with E-state index in [0.717, 1.165) is 19.5 Å². The van der Waals surface area contributed by atoms with Gasteiger partial charge in [-0.2, -0.15) is 0 Å². The zero-order valence-electron chi connectivity index (χ0n) is 16.9. The Kier molecular flexibility index (Phi) is 4.10. The lowest BCUT2D eigenvalue weighted by Gasteiger charge is -2.23. The van der Waals surface area contributed by atoms with Crippen molar-refractivity contribution in [1.82, 2.24) is 9.47 Å². The van der Waals surface area contributed by atoms with Gasteiger partial charge in [-0.05, 0) is 66.6 Å². The van der Waals surface area contributed by atoms with Crippen LogP contribution in [0.2, 0.25) is 0 Å². The van der Waals surface area contributed by atoms with Crippen LogP contribution in [0.25, 0.3) is 33.4 Å². The predicted molar refractivity (Wildman–Crippen MR) is 121 cm³/mol. The van der Waals surface area contributed by atoms with Crippen LogP contribution in [0, 0.1) is 6.92 Å². The summed E-state index contributed by atoms with van der Waals surface area (Å²) in [5.74, 6) is 0. The molecule has 0 saturated carbocycles. The molecular weight excluding hydrogens is 340 g/mol. The van der Waals surface area contributed by atoms with Gasteiger partial charge >= 0.3 is 0 Å². The van der Waals surface area contributed by atoms with Gasteiger partial charge < -0.3 is 9.47 Å². The number of rotatable bonds is 2. The van der Waals surface area contributed by atoms with Gasteiger partial charge in [0.2, 0.25) is 0 Å². The van der Waals surface area contributed by atoms with Crippen LogP contribution in [0.4, 0.5) is 0 Å². The molecule has 5 rings (SSSR count). The molecule has 0 N–H and O–H groups in total. The van der Waals surface area contributed by atoms with E-state index in [1.807, 2.05) is 0 Å². The molecule has 4 aromatic rings.